The molecular formula is C16H18BN2O4. The Bertz CT molecular complexity index is 787. The number of methoxy groups -OCH3 is 2. The highest BCUT2D eigenvalue weighted by Crippen LogP contribution is 2.31. The zero-order chi connectivity index (χ0) is 15.5. The molecule has 6 nitrogen and oxygen atoms in total. The van der Waals surface area contributed by atoms with Crippen molar-refractivity contribution >= 4 is 24.0 Å². The van der Waals surface area contributed by atoms with Crippen LogP contribution in [0.2, 0.25) is 0 Å². The van der Waals surface area contributed by atoms with Crippen LogP contribution in [0.5, 0.6) is 11.5 Å². The van der Waals surface area contributed by atoms with E-state index in [1.54, 1.807) is 20.5 Å². The third kappa shape index (κ3) is 3.30. The summed E-state index contributed by atoms with van der Waals surface area (Å²) in [7, 11) is 4.32. The van der Waals surface area contributed by atoms with E-state index in [1.807, 2.05) is 36.4 Å². The number of hydrogen-bond donors (Lipinski definition) is 1. The molecule has 119 valence electrons. The number of imidazole rings is 1. The van der Waals surface area contributed by atoms with Crippen LogP contribution in [0.3, 0.4) is 0 Å². The first-order valence-electron chi connectivity index (χ1n) is 6.88. The number of aromatic nitrogens is 2. The van der Waals surface area contributed by atoms with Gasteiger partial charge in [0.2, 0.25) is 0 Å². The van der Waals surface area contributed by atoms with Gasteiger partial charge in [-0.05, 0) is 5.56 Å². The smallest absolute Gasteiger partial charge is 0.326 e. The van der Waals surface area contributed by atoms with Gasteiger partial charge in [0.25, 0.3) is 0 Å². The second-order valence-corrected chi connectivity index (χ2v) is 4.94. The molecule has 0 atom stereocenters. The highest BCUT2D eigenvalue weighted by molar-refractivity contribution is 6.45. The molecule has 0 aliphatic carbocycles. The molecule has 2 aromatic carbocycles. The predicted molar refractivity (Wildman–Crippen MR) is 89.6 cm³/mol. The van der Waals surface area contributed by atoms with Gasteiger partial charge in [-0.1, -0.05) is 29.7 Å². The molecule has 1 radical (unpaired) electrons. The van der Waals surface area contributed by atoms with Gasteiger partial charge in [0.15, 0.2) is 11.5 Å². The first-order valence-corrected chi connectivity index (χ1v) is 6.88. The lowest BCUT2D eigenvalue weighted by molar-refractivity contribution is 0.355. The van der Waals surface area contributed by atoms with Crippen molar-refractivity contribution in [1.82, 2.24) is 9.55 Å². The Labute approximate surface area is 134 Å². The van der Waals surface area contributed by atoms with E-state index < -0.39 is 0 Å². The summed E-state index contributed by atoms with van der Waals surface area (Å²) >= 11 is 0. The summed E-state index contributed by atoms with van der Waals surface area (Å²) in [5.74, 6) is 1.35. The highest BCUT2D eigenvalue weighted by atomic mass is 16.5. The molecule has 0 aliphatic rings. The second-order valence-electron chi connectivity index (χ2n) is 4.94. The molecule has 0 unspecified atom stereocenters. The Morgan fingerprint density at radius 2 is 1.74 bits per heavy atom. The SMILES string of the molecule is COc1cc2ncn(Cc3ccc([B]O)cc3)c2cc1OC.O. The minimum absolute atomic E-state index is 0. The van der Waals surface area contributed by atoms with E-state index in [9.17, 15) is 0 Å². The first-order chi connectivity index (χ1) is 10.7. The van der Waals surface area contributed by atoms with E-state index in [4.69, 9.17) is 14.5 Å². The lowest BCUT2D eigenvalue weighted by Gasteiger charge is -2.09. The van der Waals surface area contributed by atoms with Crippen LogP contribution >= 0.6 is 0 Å². The number of hydrogen-bond acceptors (Lipinski definition) is 4. The van der Waals surface area contributed by atoms with E-state index in [0.29, 0.717) is 18.0 Å². The summed E-state index contributed by atoms with van der Waals surface area (Å²) in [5, 5.41) is 8.97. The van der Waals surface area contributed by atoms with Gasteiger partial charge < -0.3 is 24.5 Å². The Morgan fingerprint density at radius 1 is 1.09 bits per heavy atom. The largest absolute Gasteiger partial charge is 0.493 e. The molecule has 0 aliphatic heterocycles. The summed E-state index contributed by atoms with van der Waals surface area (Å²) in [5.41, 5.74) is 3.75. The van der Waals surface area contributed by atoms with Gasteiger partial charge in [-0.15, -0.1) is 0 Å². The maximum absolute atomic E-state index is 8.97. The van der Waals surface area contributed by atoms with Gasteiger partial charge >= 0.3 is 7.48 Å². The van der Waals surface area contributed by atoms with Crippen molar-refractivity contribution in [2.75, 3.05) is 14.2 Å². The van der Waals surface area contributed by atoms with E-state index in [2.05, 4.69) is 9.55 Å². The van der Waals surface area contributed by atoms with Crippen LogP contribution in [0, 0.1) is 0 Å². The summed E-state index contributed by atoms with van der Waals surface area (Å²) in [6.45, 7) is 0.692. The van der Waals surface area contributed by atoms with E-state index in [-0.39, 0.29) is 5.48 Å². The van der Waals surface area contributed by atoms with Crippen LogP contribution < -0.4 is 14.9 Å². The Kier molecular flexibility index (Phi) is 5.26. The molecule has 0 amide bonds. The van der Waals surface area contributed by atoms with E-state index in [0.717, 1.165) is 29.5 Å². The average Bonchev–Trinajstić information content (AvgIpc) is 2.96. The number of benzene rings is 2. The Hall–Kier alpha value is -2.51. The minimum atomic E-state index is 0. The van der Waals surface area contributed by atoms with Crippen molar-refractivity contribution in [2.45, 2.75) is 6.54 Å². The zero-order valence-corrected chi connectivity index (χ0v) is 13.0. The average molecular weight is 313 g/mol. The molecule has 23 heavy (non-hydrogen) atoms. The molecule has 0 bridgehead atoms. The molecule has 0 spiro atoms. The molecule has 0 saturated carbocycles. The van der Waals surface area contributed by atoms with Gasteiger partial charge in [-0.2, -0.15) is 0 Å². The lowest BCUT2D eigenvalue weighted by atomic mass is 9.88. The summed E-state index contributed by atoms with van der Waals surface area (Å²) < 4.78 is 12.7. The fraction of sp³-hybridized carbons (Fsp3) is 0.188. The first kappa shape index (κ1) is 16.9. The Balaban J connectivity index is 0.00000192. The van der Waals surface area contributed by atoms with Gasteiger partial charge in [0.05, 0.1) is 31.6 Å². The number of ether oxygens (including phenoxy) is 2. The maximum atomic E-state index is 8.97. The fourth-order valence-corrected chi connectivity index (χ4v) is 2.42. The van der Waals surface area contributed by atoms with Gasteiger partial charge in [0.1, 0.15) is 0 Å². The van der Waals surface area contributed by atoms with Crippen LogP contribution in [0.25, 0.3) is 11.0 Å². The maximum Gasteiger partial charge on any atom is 0.326 e. The van der Waals surface area contributed by atoms with Crippen molar-refractivity contribution in [1.29, 1.82) is 0 Å². The number of nitrogens with zero attached hydrogens (tertiary/aromatic N) is 2. The standard InChI is InChI=1S/C16H16BN2O3.H2O/c1-21-15-7-13-14(8-16(15)22-2)19(10-18-13)9-11-3-5-12(17-20)6-4-11;/h3-8,10,20H,9H2,1-2H3;1H2. The minimum Gasteiger partial charge on any atom is -0.493 e. The predicted octanol–water partition coefficient (Wildman–Crippen LogP) is 0.514. The van der Waals surface area contributed by atoms with Gasteiger partial charge in [-0.3, -0.25) is 0 Å². The van der Waals surface area contributed by atoms with Crippen LogP contribution in [0.15, 0.2) is 42.7 Å². The molecule has 0 fully saturated rings. The van der Waals surface area contributed by atoms with Crippen molar-refractivity contribution in [3.8, 4) is 11.5 Å². The molecule has 1 heterocycles. The lowest BCUT2D eigenvalue weighted by Crippen LogP contribution is -2.12. The molecule has 3 N–H and O–H groups in total. The molecule has 3 rings (SSSR count). The normalized spacial score (nSPS) is 10.2. The quantitative estimate of drug-likeness (QED) is 0.695. The zero-order valence-electron chi connectivity index (χ0n) is 13.0. The third-order valence-electron chi connectivity index (χ3n) is 3.61. The van der Waals surface area contributed by atoms with Crippen LogP contribution in [0.4, 0.5) is 0 Å². The summed E-state index contributed by atoms with van der Waals surface area (Å²) in [6, 6.07) is 11.5. The van der Waals surface area contributed by atoms with Crippen molar-refractivity contribution < 1.29 is 20.0 Å². The highest BCUT2D eigenvalue weighted by Gasteiger charge is 2.10. The van der Waals surface area contributed by atoms with Crippen LogP contribution in [-0.2, 0) is 6.54 Å². The molecule has 7 heteroatoms. The van der Waals surface area contributed by atoms with Crippen LogP contribution in [0.1, 0.15) is 5.56 Å². The Morgan fingerprint density at radius 3 is 2.35 bits per heavy atom. The van der Waals surface area contributed by atoms with Crippen molar-refractivity contribution in [3.05, 3.63) is 48.3 Å². The molecule has 0 saturated heterocycles. The second kappa shape index (κ2) is 7.17. The fourth-order valence-electron chi connectivity index (χ4n) is 2.42. The van der Waals surface area contributed by atoms with Crippen molar-refractivity contribution in [2.24, 2.45) is 0 Å². The van der Waals surface area contributed by atoms with Crippen LogP contribution in [-0.4, -0.2) is 41.8 Å². The van der Waals surface area contributed by atoms with Gasteiger partial charge in [0, 0.05) is 18.7 Å². The third-order valence-corrected chi connectivity index (χ3v) is 3.61. The monoisotopic (exact) mass is 313 g/mol. The topological polar surface area (TPSA) is 88.0 Å². The molecule has 1 aromatic heterocycles. The number of rotatable bonds is 5. The van der Waals surface area contributed by atoms with E-state index >= 15 is 0 Å². The molecule has 3 aromatic rings. The molecular weight excluding hydrogens is 295 g/mol. The van der Waals surface area contributed by atoms with E-state index in [1.165, 1.54) is 0 Å². The van der Waals surface area contributed by atoms with Crippen molar-refractivity contribution in [3.63, 3.8) is 0 Å². The summed E-state index contributed by atoms with van der Waals surface area (Å²) in [4.78, 5) is 4.41. The number of fused-ring (bicyclic) bond motifs is 1. The van der Waals surface area contributed by atoms with Gasteiger partial charge in [-0.25, -0.2) is 4.98 Å². The summed E-state index contributed by atoms with van der Waals surface area (Å²) in [6.07, 6.45) is 1.80.